The summed E-state index contributed by atoms with van der Waals surface area (Å²) in [7, 11) is 1.60. The molecule has 0 saturated carbocycles. The first-order valence-corrected chi connectivity index (χ1v) is 6.52. The molecule has 19 heavy (non-hydrogen) atoms. The number of hydrogen-bond acceptors (Lipinski definition) is 2. The number of halogens is 1. The van der Waals surface area contributed by atoms with E-state index in [0.29, 0.717) is 29.4 Å². The fourth-order valence-corrected chi connectivity index (χ4v) is 2.89. The third-order valence-corrected chi connectivity index (χ3v) is 3.77. The van der Waals surface area contributed by atoms with Gasteiger partial charge in [-0.05, 0) is 30.2 Å². The second-order valence-electron chi connectivity index (χ2n) is 4.83. The van der Waals surface area contributed by atoms with Crippen LogP contribution in [0.5, 0.6) is 5.75 Å². The third kappa shape index (κ3) is 1.94. The highest BCUT2D eigenvalue weighted by Gasteiger charge is 2.25. The van der Waals surface area contributed by atoms with E-state index in [2.05, 4.69) is 0 Å². The average Bonchev–Trinajstić information content (AvgIpc) is 2.61. The summed E-state index contributed by atoms with van der Waals surface area (Å²) in [5.74, 6) is 0.773. The summed E-state index contributed by atoms with van der Waals surface area (Å²) in [4.78, 5) is 12.4. The average molecular weight is 276 g/mol. The number of methoxy groups -OCH3 is 1. The normalized spacial score (nSPS) is 13.7. The molecular formula is C15H14ClNO2. The van der Waals surface area contributed by atoms with Crippen molar-refractivity contribution in [1.29, 1.82) is 0 Å². The highest BCUT2D eigenvalue weighted by atomic mass is 35.5. The van der Waals surface area contributed by atoms with Crippen LogP contribution in [0.15, 0.2) is 24.4 Å². The van der Waals surface area contributed by atoms with Gasteiger partial charge < -0.3 is 9.30 Å². The molecule has 1 aliphatic rings. The van der Waals surface area contributed by atoms with Gasteiger partial charge in [0, 0.05) is 29.7 Å². The van der Waals surface area contributed by atoms with E-state index in [1.807, 2.05) is 35.9 Å². The molecule has 1 aliphatic heterocycles. The van der Waals surface area contributed by atoms with E-state index in [4.69, 9.17) is 16.3 Å². The van der Waals surface area contributed by atoms with Gasteiger partial charge in [-0.15, -0.1) is 0 Å². The summed E-state index contributed by atoms with van der Waals surface area (Å²) in [6.45, 7) is 2.60. The van der Waals surface area contributed by atoms with Crippen LogP contribution in [0.3, 0.4) is 0 Å². The van der Waals surface area contributed by atoms with Gasteiger partial charge >= 0.3 is 0 Å². The maximum absolute atomic E-state index is 12.4. The van der Waals surface area contributed by atoms with Gasteiger partial charge in [-0.1, -0.05) is 17.7 Å². The van der Waals surface area contributed by atoms with E-state index in [9.17, 15) is 4.79 Å². The second-order valence-corrected chi connectivity index (χ2v) is 5.27. The summed E-state index contributed by atoms with van der Waals surface area (Å²) >= 11 is 6.04. The molecule has 0 N–H and O–H groups in total. The Hall–Kier alpha value is -1.74. The van der Waals surface area contributed by atoms with Crippen molar-refractivity contribution < 1.29 is 9.53 Å². The number of Topliss-reactive ketones (excluding diaryl/α,β-unsaturated/α-hetero) is 1. The van der Waals surface area contributed by atoms with Crippen molar-refractivity contribution in [1.82, 2.24) is 4.57 Å². The molecule has 3 rings (SSSR count). The van der Waals surface area contributed by atoms with Gasteiger partial charge in [-0.3, -0.25) is 4.79 Å². The van der Waals surface area contributed by atoms with Crippen molar-refractivity contribution >= 4 is 17.4 Å². The highest BCUT2D eigenvalue weighted by Crippen LogP contribution is 2.31. The Kier molecular flexibility index (Phi) is 2.86. The molecule has 0 amide bonds. The summed E-state index contributed by atoms with van der Waals surface area (Å²) in [6.07, 6.45) is 2.36. The smallest absolute Gasteiger partial charge is 0.187 e. The van der Waals surface area contributed by atoms with Gasteiger partial charge in [0.25, 0.3) is 0 Å². The Morgan fingerprint density at radius 1 is 1.32 bits per heavy atom. The van der Waals surface area contributed by atoms with Crippen LogP contribution in [0.2, 0.25) is 5.02 Å². The third-order valence-electron chi connectivity index (χ3n) is 3.54. The van der Waals surface area contributed by atoms with Crippen LogP contribution in [0.4, 0.5) is 0 Å². The molecule has 0 aliphatic carbocycles. The summed E-state index contributed by atoms with van der Waals surface area (Å²) < 4.78 is 7.32. The van der Waals surface area contributed by atoms with Crippen LogP contribution in [-0.4, -0.2) is 17.5 Å². The lowest BCUT2D eigenvalue weighted by Gasteiger charge is -2.06. The Morgan fingerprint density at radius 2 is 2.11 bits per heavy atom. The number of ether oxygens (including phenoxy) is 1. The molecule has 1 aromatic heterocycles. The van der Waals surface area contributed by atoms with Crippen molar-refractivity contribution in [2.75, 3.05) is 7.11 Å². The van der Waals surface area contributed by atoms with Crippen LogP contribution >= 0.6 is 11.6 Å². The minimum absolute atomic E-state index is 0.0889. The molecule has 0 atom stereocenters. The number of aromatic nitrogens is 1. The van der Waals surface area contributed by atoms with Crippen molar-refractivity contribution in [2.45, 2.75) is 19.9 Å². The zero-order valence-corrected chi connectivity index (χ0v) is 11.6. The molecule has 2 aromatic rings. The second kappa shape index (κ2) is 4.42. The van der Waals surface area contributed by atoms with Crippen LogP contribution in [0, 0.1) is 6.92 Å². The lowest BCUT2D eigenvalue weighted by molar-refractivity contribution is 0.0983. The number of benzene rings is 1. The first-order chi connectivity index (χ1) is 9.10. The zero-order chi connectivity index (χ0) is 13.6. The van der Waals surface area contributed by atoms with Crippen molar-refractivity contribution in [3.8, 4) is 5.75 Å². The Bertz CT molecular complexity index is 673. The monoisotopic (exact) mass is 275 g/mol. The molecule has 0 spiro atoms. The fraction of sp³-hybridized carbons (Fsp3) is 0.267. The van der Waals surface area contributed by atoms with Crippen molar-refractivity contribution in [3.63, 3.8) is 0 Å². The molecule has 0 saturated heterocycles. The van der Waals surface area contributed by atoms with Crippen LogP contribution < -0.4 is 4.74 Å². The first-order valence-electron chi connectivity index (χ1n) is 6.14. The standard InChI is InChI=1S/C15H14ClNO2/c1-9-7-17-8-11-5-12(16)4-3-10(11)6-13(18)14(17)15(9)19-2/h3-5,7H,6,8H2,1-2H3. The van der Waals surface area contributed by atoms with Crippen LogP contribution in [-0.2, 0) is 13.0 Å². The fourth-order valence-electron chi connectivity index (χ4n) is 2.70. The summed E-state index contributed by atoms with van der Waals surface area (Å²) in [5, 5.41) is 0.700. The predicted octanol–water partition coefficient (Wildman–Crippen LogP) is 3.25. The van der Waals surface area contributed by atoms with Crippen molar-refractivity contribution in [3.05, 3.63) is 51.8 Å². The minimum atomic E-state index is 0.0889. The lowest BCUT2D eigenvalue weighted by atomic mass is 10.0. The number of carbonyl (C=O) groups is 1. The lowest BCUT2D eigenvalue weighted by Crippen LogP contribution is -2.08. The van der Waals surface area contributed by atoms with Gasteiger partial charge in [0.2, 0.25) is 0 Å². The molecule has 2 heterocycles. The van der Waals surface area contributed by atoms with E-state index in [0.717, 1.165) is 16.7 Å². The van der Waals surface area contributed by atoms with E-state index in [-0.39, 0.29) is 5.78 Å². The van der Waals surface area contributed by atoms with Gasteiger partial charge in [-0.25, -0.2) is 0 Å². The number of fused-ring (bicyclic) bond motifs is 2. The zero-order valence-electron chi connectivity index (χ0n) is 10.9. The number of nitrogens with zero attached hydrogens (tertiary/aromatic N) is 1. The maximum Gasteiger partial charge on any atom is 0.187 e. The summed E-state index contributed by atoms with van der Waals surface area (Å²) in [5.41, 5.74) is 3.78. The maximum atomic E-state index is 12.4. The Labute approximate surface area is 116 Å². The Balaban J connectivity index is 2.18. The predicted molar refractivity (Wildman–Crippen MR) is 74.3 cm³/mol. The van der Waals surface area contributed by atoms with Gasteiger partial charge in [0.05, 0.1) is 7.11 Å². The van der Waals surface area contributed by atoms with E-state index < -0.39 is 0 Å². The van der Waals surface area contributed by atoms with E-state index in [1.54, 1.807) is 7.11 Å². The quantitative estimate of drug-likeness (QED) is 0.800. The molecule has 0 radical (unpaired) electrons. The Morgan fingerprint density at radius 3 is 2.84 bits per heavy atom. The van der Waals surface area contributed by atoms with Gasteiger partial charge in [0.15, 0.2) is 11.5 Å². The van der Waals surface area contributed by atoms with Gasteiger partial charge in [-0.2, -0.15) is 0 Å². The molecule has 1 aromatic carbocycles. The molecule has 0 bridgehead atoms. The first kappa shape index (κ1) is 12.3. The largest absolute Gasteiger partial charge is 0.494 e. The molecule has 0 fully saturated rings. The number of ketones is 1. The number of rotatable bonds is 1. The van der Waals surface area contributed by atoms with Gasteiger partial charge in [0.1, 0.15) is 5.69 Å². The highest BCUT2D eigenvalue weighted by molar-refractivity contribution is 6.30. The molecular weight excluding hydrogens is 262 g/mol. The number of aryl methyl sites for hydroxylation is 1. The number of hydrogen-bond donors (Lipinski definition) is 0. The van der Waals surface area contributed by atoms with Crippen LogP contribution in [0.1, 0.15) is 27.2 Å². The molecule has 3 nitrogen and oxygen atoms in total. The topological polar surface area (TPSA) is 31.2 Å². The van der Waals surface area contributed by atoms with E-state index in [1.165, 1.54) is 0 Å². The SMILES string of the molecule is COc1c(C)cn2c1C(=O)Cc1ccc(Cl)cc1C2. The van der Waals surface area contributed by atoms with Crippen molar-refractivity contribution in [2.24, 2.45) is 0 Å². The molecule has 4 heteroatoms. The number of carbonyl (C=O) groups excluding carboxylic acids is 1. The molecule has 98 valence electrons. The minimum Gasteiger partial charge on any atom is -0.494 e. The molecule has 0 unspecified atom stereocenters. The van der Waals surface area contributed by atoms with E-state index >= 15 is 0 Å². The van der Waals surface area contributed by atoms with Crippen LogP contribution in [0.25, 0.3) is 0 Å². The summed E-state index contributed by atoms with van der Waals surface area (Å²) in [6, 6.07) is 5.69.